The summed E-state index contributed by atoms with van der Waals surface area (Å²) < 4.78 is 6.07. The zero-order valence-corrected chi connectivity index (χ0v) is 10.6. The molecule has 1 aliphatic heterocycles. The first-order chi connectivity index (χ1) is 6.67. The Morgan fingerprint density at radius 1 is 1.33 bits per heavy atom. The molecule has 0 aliphatic carbocycles. The molecule has 1 rings (SSSR count). The lowest BCUT2D eigenvalue weighted by Gasteiger charge is -2.42. The molecule has 2 unspecified atom stereocenters. The fraction of sp³-hybridized carbons (Fsp3) is 1.00. The van der Waals surface area contributed by atoms with Gasteiger partial charge in [-0.05, 0) is 47.5 Å². The first-order valence-electron chi connectivity index (χ1n) is 5.73. The molecule has 0 spiro atoms. The van der Waals surface area contributed by atoms with E-state index in [0.717, 1.165) is 6.42 Å². The summed E-state index contributed by atoms with van der Waals surface area (Å²) in [6.07, 6.45) is 1.62. The molecule has 0 aromatic rings. The van der Waals surface area contributed by atoms with Crippen molar-refractivity contribution in [2.45, 2.75) is 64.7 Å². The van der Waals surface area contributed by atoms with Gasteiger partial charge in [0.15, 0.2) is 0 Å². The van der Waals surface area contributed by atoms with Gasteiger partial charge in [-0.15, -0.1) is 0 Å². The quantitative estimate of drug-likeness (QED) is 0.753. The van der Waals surface area contributed by atoms with Gasteiger partial charge in [0.2, 0.25) is 0 Å². The van der Waals surface area contributed by atoms with Crippen molar-refractivity contribution in [1.29, 1.82) is 0 Å². The Morgan fingerprint density at radius 2 is 1.87 bits per heavy atom. The lowest BCUT2D eigenvalue weighted by Crippen LogP contribution is -2.51. The molecule has 0 bridgehead atoms. The van der Waals surface area contributed by atoms with E-state index in [0.29, 0.717) is 6.42 Å². The van der Waals surface area contributed by atoms with E-state index in [1.165, 1.54) is 0 Å². The summed E-state index contributed by atoms with van der Waals surface area (Å²) >= 11 is 0. The Bertz CT molecular complexity index is 236. The van der Waals surface area contributed by atoms with Crippen molar-refractivity contribution < 1.29 is 9.84 Å². The van der Waals surface area contributed by atoms with E-state index in [1.54, 1.807) is 0 Å². The van der Waals surface area contributed by atoms with E-state index < -0.39 is 0 Å². The molecular weight excluding hydrogens is 190 g/mol. The monoisotopic (exact) mass is 215 g/mol. The van der Waals surface area contributed by atoms with E-state index in [-0.39, 0.29) is 29.3 Å². The van der Waals surface area contributed by atoms with E-state index in [9.17, 15) is 5.11 Å². The fourth-order valence-corrected chi connectivity index (χ4v) is 3.33. The number of nitrogens with two attached hydrogens (primary N) is 1. The molecule has 15 heavy (non-hydrogen) atoms. The zero-order valence-electron chi connectivity index (χ0n) is 10.6. The van der Waals surface area contributed by atoms with Gasteiger partial charge in [0.25, 0.3) is 0 Å². The second kappa shape index (κ2) is 3.72. The molecule has 90 valence electrons. The normalized spacial score (nSPS) is 35.4. The molecule has 0 amide bonds. The first-order valence-corrected chi connectivity index (χ1v) is 5.73. The van der Waals surface area contributed by atoms with Gasteiger partial charge in [0, 0.05) is 18.1 Å². The van der Waals surface area contributed by atoms with Crippen molar-refractivity contribution in [1.82, 2.24) is 0 Å². The highest BCUT2D eigenvalue weighted by Gasteiger charge is 2.58. The maximum absolute atomic E-state index is 9.23. The van der Waals surface area contributed by atoms with Gasteiger partial charge in [-0.3, -0.25) is 0 Å². The van der Waals surface area contributed by atoms with Crippen LogP contribution in [-0.4, -0.2) is 29.0 Å². The van der Waals surface area contributed by atoms with Crippen molar-refractivity contribution in [2.24, 2.45) is 11.1 Å². The minimum atomic E-state index is -0.270. The van der Waals surface area contributed by atoms with Crippen LogP contribution in [0.1, 0.15) is 47.5 Å². The summed E-state index contributed by atoms with van der Waals surface area (Å²) in [6, 6.07) is 0.0291. The highest BCUT2D eigenvalue weighted by molar-refractivity contribution is 5.08. The van der Waals surface area contributed by atoms with Gasteiger partial charge in [0.1, 0.15) is 0 Å². The van der Waals surface area contributed by atoms with Crippen molar-refractivity contribution in [3.05, 3.63) is 0 Å². The van der Waals surface area contributed by atoms with Gasteiger partial charge in [-0.2, -0.15) is 0 Å². The molecule has 1 aliphatic rings. The summed E-state index contributed by atoms with van der Waals surface area (Å²) in [5, 5.41) is 9.23. The second-order valence-electron chi connectivity index (χ2n) is 5.97. The highest BCUT2D eigenvalue weighted by Crippen LogP contribution is 2.54. The minimum absolute atomic E-state index is 0.0291. The number of rotatable bonds is 3. The third kappa shape index (κ3) is 2.05. The fourth-order valence-electron chi connectivity index (χ4n) is 3.33. The molecule has 3 nitrogen and oxygen atoms in total. The van der Waals surface area contributed by atoms with Crippen LogP contribution in [0, 0.1) is 5.41 Å². The van der Waals surface area contributed by atoms with Gasteiger partial charge >= 0.3 is 0 Å². The number of aliphatic hydroxyl groups excluding tert-OH is 1. The minimum Gasteiger partial charge on any atom is -0.396 e. The number of hydrogen-bond donors (Lipinski definition) is 2. The summed E-state index contributed by atoms with van der Waals surface area (Å²) in [5.74, 6) is 0. The topological polar surface area (TPSA) is 55.5 Å². The Labute approximate surface area is 93.0 Å². The van der Waals surface area contributed by atoms with Crippen LogP contribution in [0.15, 0.2) is 0 Å². The van der Waals surface area contributed by atoms with Crippen molar-refractivity contribution >= 4 is 0 Å². The molecule has 3 N–H and O–H groups in total. The SMILES string of the molecule is CC(N)C1(CCO)CC(C)(C)OC1(C)C. The molecule has 0 radical (unpaired) electrons. The number of hydrogen-bond acceptors (Lipinski definition) is 3. The van der Waals surface area contributed by atoms with E-state index in [2.05, 4.69) is 27.7 Å². The third-order valence-electron chi connectivity index (χ3n) is 3.90. The van der Waals surface area contributed by atoms with Gasteiger partial charge in [0.05, 0.1) is 11.2 Å². The zero-order chi connectivity index (χ0) is 11.9. The Morgan fingerprint density at radius 3 is 2.13 bits per heavy atom. The molecule has 1 saturated heterocycles. The van der Waals surface area contributed by atoms with Crippen molar-refractivity contribution in [2.75, 3.05) is 6.61 Å². The van der Waals surface area contributed by atoms with Crippen LogP contribution in [0.3, 0.4) is 0 Å². The van der Waals surface area contributed by atoms with Crippen LogP contribution >= 0.6 is 0 Å². The standard InChI is InChI=1S/C12H25NO2/c1-9(13)12(6-7-14)8-10(2,3)15-11(12,4)5/h9,14H,6-8,13H2,1-5H3. The maximum atomic E-state index is 9.23. The number of ether oxygens (including phenoxy) is 1. The Hall–Kier alpha value is -0.120. The predicted octanol–water partition coefficient (Wildman–Crippen LogP) is 1.68. The molecule has 0 saturated carbocycles. The first kappa shape index (κ1) is 12.9. The van der Waals surface area contributed by atoms with E-state index >= 15 is 0 Å². The van der Waals surface area contributed by atoms with Crippen LogP contribution in [0.25, 0.3) is 0 Å². The average Bonchev–Trinajstić information content (AvgIpc) is 2.17. The Kier molecular flexibility index (Phi) is 3.21. The van der Waals surface area contributed by atoms with E-state index in [1.807, 2.05) is 6.92 Å². The van der Waals surface area contributed by atoms with Gasteiger partial charge in [-0.1, -0.05) is 0 Å². The van der Waals surface area contributed by atoms with Crippen molar-refractivity contribution in [3.63, 3.8) is 0 Å². The average molecular weight is 215 g/mol. The van der Waals surface area contributed by atoms with Gasteiger partial charge < -0.3 is 15.6 Å². The van der Waals surface area contributed by atoms with Crippen molar-refractivity contribution in [3.8, 4) is 0 Å². The third-order valence-corrected chi connectivity index (χ3v) is 3.90. The summed E-state index contributed by atoms with van der Waals surface area (Å²) in [7, 11) is 0. The Balaban J connectivity index is 3.07. The van der Waals surface area contributed by atoms with Crippen LogP contribution in [0.2, 0.25) is 0 Å². The van der Waals surface area contributed by atoms with Crippen LogP contribution in [-0.2, 0) is 4.74 Å². The molecular formula is C12H25NO2. The van der Waals surface area contributed by atoms with E-state index in [4.69, 9.17) is 10.5 Å². The second-order valence-corrected chi connectivity index (χ2v) is 5.97. The van der Waals surface area contributed by atoms with Crippen LogP contribution in [0.4, 0.5) is 0 Å². The highest BCUT2D eigenvalue weighted by atomic mass is 16.5. The molecule has 1 heterocycles. The van der Waals surface area contributed by atoms with Gasteiger partial charge in [-0.25, -0.2) is 0 Å². The molecule has 0 aromatic heterocycles. The largest absolute Gasteiger partial charge is 0.396 e. The molecule has 2 atom stereocenters. The molecule has 1 fully saturated rings. The lowest BCUT2D eigenvalue weighted by molar-refractivity contribution is -0.101. The number of aliphatic hydroxyl groups is 1. The molecule has 3 heteroatoms. The maximum Gasteiger partial charge on any atom is 0.0706 e. The molecule has 0 aromatic carbocycles. The summed E-state index contributed by atoms with van der Waals surface area (Å²) in [5.41, 5.74) is 5.59. The summed E-state index contributed by atoms with van der Waals surface area (Å²) in [4.78, 5) is 0. The predicted molar refractivity (Wildman–Crippen MR) is 61.6 cm³/mol. The smallest absolute Gasteiger partial charge is 0.0706 e. The summed E-state index contributed by atoms with van der Waals surface area (Å²) in [6.45, 7) is 10.5. The van der Waals surface area contributed by atoms with Crippen LogP contribution < -0.4 is 5.73 Å². The van der Waals surface area contributed by atoms with Crippen LogP contribution in [0.5, 0.6) is 0 Å². The lowest BCUT2D eigenvalue weighted by atomic mass is 9.65.